The lowest BCUT2D eigenvalue weighted by molar-refractivity contribution is 0.340. The van der Waals surface area contributed by atoms with Crippen LogP contribution in [0.5, 0.6) is 5.75 Å². The normalized spacial score (nSPS) is 15.0. The first-order valence-electron chi connectivity index (χ1n) is 10.1. The Hall–Kier alpha value is -2.19. The molecule has 3 rings (SSSR count). The molecule has 0 amide bonds. The zero-order valence-corrected chi connectivity index (χ0v) is 18.1. The van der Waals surface area contributed by atoms with E-state index < -0.39 is 9.84 Å². The van der Waals surface area contributed by atoms with Crippen LogP contribution in [0.4, 0.5) is 0 Å². The fourth-order valence-corrected chi connectivity index (χ4v) is 4.11. The highest BCUT2D eigenvalue weighted by Crippen LogP contribution is 2.22. The van der Waals surface area contributed by atoms with Crippen molar-refractivity contribution in [3.05, 3.63) is 51.7 Å². The molecule has 0 fully saturated rings. The van der Waals surface area contributed by atoms with Gasteiger partial charge in [0.1, 0.15) is 21.4 Å². The summed E-state index contributed by atoms with van der Waals surface area (Å²) in [5.41, 5.74) is 2.35. The van der Waals surface area contributed by atoms with E-state index in [2.05, 4.69) is 5.32 Å². The minimum atomic E-state index is -3.06. The van der Waals surface area contributed by atoms with E-state index in [1.165, 1.54) is 6.26 Å². The van der Waals surface area contributed by atoms with Crippen molar-refractivity contribution in [2.24, 2.45) is 0 Å². The van der Waals surface area contributed by atoms with E-state index in [1.54, 1.807) is 4.57 Å². The van der Waals surface area contributed by atoms with Gasteiger partial charge in [-0.2, -0.15) is 0 Å². The van der Waals surface area contributed by atoms with Gasteiger partial charge in [0.15, 0.2) is 0 Å². The molecule has 1 aromatic heterocycles. The predicted molar refractivity (Wildman–Crippen MR) is 114 cm³/mol. The van der Waals surface area contributed by atoms with E-state index in [4.69, 9.17) is 9.72 Å². The third-order valence-corrected chi connectivity index (χ3v) is 6.04. The van der Waals surface area contributed by atoms with Gasteiger partial charge in [-0.15, -0.1) is 0 Å². The molecular weight excluding hydrogens is 390 g/mol. The first-order valence-corrected chi connectivity index (χ1v) is 12.1. The quantitative estimate of drug-likeness (QED) is 0.706. The van der Waals surface area contributed by atoms with Gasteiger partial charge in [0.2, 0.25) is 0 Å². The monoisotopic (exact) mass is 419 g/mol. The van der Waals surface area contributed by atoms with Gasteiger partial charge in [-0.1, -0.05) is 0 Å². The van der Waals surface area contributed by atoms with Crippen molar-refractivity contribution in [2.45, 2.75) is 45.6 Å². The molecule has 1 atom stereocenters. The van der Waals surface area contributed by atoms with Crippen molar-refractivity contribution in [1.29, 1.82) is 0 Å². The van der Waals surface area contributed by atoms with E-state index in [0.29, 0.717) is 19.0 Å². The molecule has 158 valence electrons. The van der Waals surface area contributed by atoms with Crippen molar-refractivity contribution in [2.75, 3.05) is 25.2 Å². The van der Waals surface area contributed by atoms with Crippen LogP contribution in [0, 0.1) is 0 Å². The number of hydrogen-bond donors (Lipinski definition) is 1. The number of ether oxygens (including phenoxy) is 1. The number of nitrogens with one attached hydrogen (secondary N) is 1. The Labute approximate surface area is 172 Å². The summed E-state index contributed by atoms with van der Waals surface area (Å²) in [4.78, 5) is 18.2. The van der Waals surface area contributed by atoms with Gasteiger partial charge in [0.25, 0.3) is 5.56 Å². The van der Waals surface area contributed by atoms with Crippen molar-refractivity contribution < 1.29 is 13.2 Å². The summed E-state index contributed by atoms with van der Waals surface area (Å²) in [7, 11) is -3.06. The summed E-state index contributed by atoms with van der Waals surface area (Å²) >= 11 is 0. The molecule has 0 bridgehead atoms. The highest BCUT2D eigenvalue weighted by Gasteiger charge is 2.23. The van der Waals surface area contributed by atoms with E-state index in [9.17, 15) is 13.2 Å². The molecule has 0 aliphatic heterocycles. The molecule has 2 aromatic rings. The van der Waals surface area contributed by atoms with Gasteiger partial charge in [0, 0.05) is 18.4 Å². The molecule has 0 saturated heterocycles. The minimum Gasteiger partial charge on any atom is -0.494 e. The molecule has 1 aliphatic rings. The number of rotatable bonds is 8. The fraction of sp³-hybridized carbons (Fsp3) is 0.524. The maximum Gasteiger partial charge on any atom is 0.261 e. The number of nitrogens with zero attached hydrogens (tertiary/aromatic N) is 2. The molecule has 0 radical (unpaired) electrons. The number of aromatic nitrogens is 2. The van der Waals surface area contributed by atoms with Gasteiger partial charge < -0.3 is 10.1 Å². The predicted octanol–water partition coefficient (Wildman–Crippen LogP) is 2.21. The Balaban J connectivity index is 2.01. The van der Waals surface area contributed by atoms with Crippen LogP contribution in [0.3, 0.4) is 0 Å². The smallest absolute Gasteiger partial charge is 0.261 e. The van der Waals surface area contributed by atoms with Crippen molar-refractivity contribution >= 4 is 9.84 Å². The van der Waals surface area contributed by atoms with Crippen LogP contribution in [0.15, 0.2) is 29.1 Å². The molecule has 1 unspecified atom stereocenters. The second kappa shape index (κ2) is 9.09. The molecule has 0 spiro atoms. The lowest BCUT2D eigenvalue weighted by Crippen LogP contribution is -2.35. The molecule has 8 heteroatoms. The standard InChI is InChI=1S/C21H29N3O4S/c1-4-28-17-11-9-16(10-12-17)24-20(15(2)22-13-14-29(3,26)27)23-19-8-6-5-7-18(19)21(24)25/h9-12,15,22H,4-8,13-14H2,1-3H3. The number of benzene rings is 1. The summed E-state index contributed by atoms with van der Waals surface area (Å²) in [6.45, 7) is 4.71. The average molecular weight is 420 g/mol. The molecule has 1 aromatic carbocycles. The fourth-order valence-electron chi connectivity index (χ4n) is 3.62. The maximum absolute atomic E-state index is 13.4. The van der Waals surface area contributed by atoms with Crippen molar-refractivity contribution in [3.8, 4) is 11.4 Å². The van der Waals surface area contributed by atoms with E-state index >= 15 is 0 Å². The van der Waals surface area contributed by atoms with Gasteiger partial charge in [0.05, 0.1) is 29.8 Å². The minimum absolute atomic E-state index is 0.0365. The second-order valence-electron chi connectivity index (χ2n) is 7.48. The first-order chi connectivity index (χ1) is 13.8. The molecular formula is C21H29N3O4S. The average Bonchev–Trinajstić information content (AvgIpc) is 2.68. The van der Waals surface area contributed by atoms with Crippen molar-refractivity contribution in [3.63, 3.8) is 0 Å². The topological polar surface area (TPSA) is 90.3 Å². The molecule has 0 saturated carbocycles. The van der Waals surface area contributed by atoms with Crippen LogP contribution in [0.2, 0.25) is 0 Å². The lowest BCUT2D eigenvalue weighted by Gasteiger charge is -2.23. The Morgan fingerprint density at radius 1 is 1.21 bits per heavy atom. The van der Waals surface area contributed by atoms with Gasteiger partial charge >= 0.3 is 0 Å². The van der Waals surface area contributed by atoms with Crippen LogP contribution in [0.25, 0.3) is 5.69 Å². The molecule has 1 N–H and O–H groups in total. The number of sulfone groups is 1. The zero-order chi connectivity index (χ0) is 21.0. The van der Waals surface area contributed by atoms with Gasteiger partial charge in [-0.05, 0) is 63.8 Å². The van der Waals surface area contributed by atoms with Crippen LogP contribution in [0.1, 0.15) is 49.8 Å². The molecule has 7 nitrogen and oxygen atoms in total. The Bertz CT molecular complexity index is 1010. The third kappa shape index (κ3) is 5.25. The largest absolute Gasteiger partial charge is 0.494 e. The van der Waals surface area contributed by atoms with Crippen LogP contribution >= 0.6 is 0 Å². The number of fused-ring (bicyclic) bond motifs is 1. The van der Waals surface area contributed by atoms with Crippen molar-refractivity contribution in [1.82, 2.24) is 14.9 Å². The highest BCUT2D eigenvalue weighted by molar-refractivity contribution is 7.90. The first kappa shape index (κ1) is 21.5. The summed E-state index contributed by atoms with van der Waals surface area (Å²) in [6.07, 6.45) is 4.79. The lowest BCUT2D eigenvalue weighted by atomic mass is 9.96. The highest BCUT2D eigenvalue weighted by atomic mass is 32.2. The summed E-state index contributed by atoms with van der Waals surface area (Å²) in [5.74, 6) is 1.39. The van der Waals surface area contributed by atoms with E-state index in [1.807, 2.05) is 38.1 Å². The van der Waals surface area contributed by atoms with E-state index in [-0.39, 0.29) is 17.4 Å². The van der Waals surface area contributed by atoms with Crippen LogP contribution < -0.4 is 15.6 Å². The van der Waals surface area contributed by atoms with Gasteiger partial charge in [-0.25, -0.2) is 13.4 Å². The summed E-state index contributed by atoms with van der Waals surface area (Å²) in [6, 6.07) is 7.13. The zero-order valence-electron chi connectivity index (χ0n) is 17.3. The van der Waals surface area contributed by atoms with Crippen LogP contribution in [-0.4, -0.2) is 43.1 Å². The Morgan fingerprint density at radius 2 is 1.90 bits per heavy atom. The maximum atomic E-state index is 13.4. The second-order valence-corrected chi connectivity index (χ2v) is 9.74. The molecule has 29 heavy (non-hydrogen) atoms. The molecule has 1 heterocycles. The van der Waals surface area contributed by atoms with Crippen LogP contribution in [-0.2, 0) is 22.7 Å². The number of aryl methyl sites for hydroxylation is 1. The van der Waals surface area contributed by atoms with E-state index in [0.717, 1.165) is 48.4 Å². The SMILES string of the molecule is CCOc1ccc(-n2c(C(C)NCCS(C)(=O)=O)nc3c(c2=O)CCCC3)cc1. The molecule has 1 aliphatic carbocycles. The Morgan fingerprint density at radius 3 is 2.55 bits per heavy atom. The Kier molecular flexibility index (Phi) is 6.74. The third-order valence-electron chi connectivity index (χ3n) is 5.10. The number of hydrogen-bond acceptors (Lipinski definition) is 6. The summed E-state index contributed by atoms with van der Waals surface area (Å²) < 4.78 is 30.1. The summed E-state index contributed by atoms with van der Waals surface area (Å²) in [5, 5.41) is 3.21. The van der Waals surface area contributed by atoms with Gasteiger partial charge in [-0.3, -0.25) is 9.36 Å².